The summed E-state index contributed by atoms with van der Waals surface area (Å²) >= 11 is 0. The molecule has 0 spiro atoms. The summed E-state index contributed by atoms with van der Waals surface area (Å²) in [5.41, 5.74) is 0.372. The summed E-state index contributed by atoms with van der Waals surface area (Å²) in [6, 6.07) is 1.66. The van der Waals surface area contributed by atoms with Crippen LogP contribution in [0.5, 0.6) is 0 Å². The van der Waals surface area contributed by atoms with Crippen molar-refractivity contribution in [2.45, 2.75) is 59.0 Å². The molecule has 0 aromatic heterocycles. The summed E-state index contributed by atoms with van der Waals surface area (Å²) in [5.74, 6) is 0.744. The highest BCUT2D eigenvalue weighted by Crippen LogP contribution is 2.29. The van der Waals surface area contributed by atoms with Crippen LogP contribution < -0.4 is 5.32 Å². The third-order valence-electron chi connectivity index (χ3n) is 5.04. The van der Waals surface area contributed by atoms with Crippen LogP contribution in [0.15, 0.2) is 0 Å². The van der Waals surface area contributed by atoms with Crippen LogP contribution in [0, 0.1) is 11.3 Å². The lowest BCUT2D eigenvalue weighted by Gasteiger charge is -2.34. The molecule has 2 aliphatic rings. The van der Waals surface area contributed by atoms with Gasteiger partial charge < -0.3 is 10.2 Å². The number of hydrogen-bond donors (Lipinski definition) is 1. The second-order valence-electron chi connectivity index (χ2n) is 8.26. The third kappa shape index (κ3) is 4.44. The summed E-state index contributed by atoms with van der Waals surface area (Å²) in [7, 11) is 2.33. The van der Waals surface area contributed by atoms with Crippen molar-refractivity contribution in [3.05, 3.63) is 0 Å². The van der Waals surface area contributed by atoms with Gasteiger partial charge in [-0.1, -0.05) is 27.7 Å². The van der Waals surface area contributed by atoms with Crippen LogP contribution in [-0.4, -0.2) is 61.7 Å². The van der Waals surface area contributed by atoms with Crippen molar-refractivity contribution >= 4 is 0 Å². The van der Waals surface area contributed by atoms with E-state index in [2.05, 4.69) is 49.9 Å². The Morgan fingerprint density at radius 3 is 2.55 bits per heavy atom. The van der Waals surface area contributed by atoms with E-state index in [1.807, 2.05) is 0 Å². The Bertz CT molecular complexity index is 301. The molecule has 2 unspecified atom stereocenters. The Kier molecular flexibility index (Phi) is 5.49. The van der Waals surface area contributed by atoms with Crippen LogP contribution in [0.1, 0.15) is 47.0 Å². The molecular weight excluding hydrogens is 246 g/mol. The zero-order chi connectivity index (χ0) is 14.8. The van der Waals surface area contributed by atoms with E-state index < -0.39 is 0 Å². The molecule has 2 aliphatic heterocycles. The molecule has 3 nitrogen and oxygen atoms in total. The normalized spacial score (nSPS) is 29.1. The molecule has 0 aliphatic carbocycles. The highest BCUT2D eigenvalue weighted by atomic mass is 15.3. The van der Waals surface area contributed by atoms with E-state index in [1.165, 1.54) is 38.9 Å². The average Bonchev–Trinajstić information content (AvgIpc) is 2.57. The van der Waals surface area contributed by atoms with Crippen molar-refractivity contribution in [3.8, 4) is 0 Å². The Hall–Kier alpha value is -0.120. The molecule has 0 saturated carbocycles. The van der Waals surface area contributed by atoms with Crippen molar-refractivity contribution in [3.63, 3.8) is 0 Å². The quantitative estimate of drug-likeness (QED) is 0.807. The molecule has 2 heterocycles. The molecule has 2 bridgehead atoms. The molecule has 2 rings (SSSR count). The van der Waals surface area contributed by atoms with Crippen LogP contribution in [-0.2, 0) is 0 Å². The molecule has 0 radical (unpaired) electrons. The molecule has 1 N–H and O–H groups in total. The van der Waals surface area contributed by atoms with E-state index in [4.69, 9.17) is 0 Å². The van der Waals surface area contributed by atoms with Gasteiger partial charge in [-0.05, 0) is 50.7 Å². The Balaban J connectivity index is 1.80. The van der Waals surface area contributed by atoms with Crippen LogP contribution in [0.2, 0.25) is 0 Å². The number of nitrogens with zero attached hydrogens (tertiary/aromatic N) is 2. The molecule has 20 heavy (non-hydrogen) atoms. The minimum absolute atomic E-state index is 0.372. The zero-order valence-corrected chi connectivity index (χ0v) is 14.3. The van der Waals surface area contributed by atoms with Gasteiger partial charge in [0.05, 0.1) is 0 Å². The number of rotatable bonds is 6. The van der Waals surface area contributed by atoms with Gasteiger partial charge in [0.1, 0.15) is 0 Å². The van der Waals surface area contributed by atoms with E-state index in [0.717, 1.165) is 31.1 Å². The summed E-state index contributed by atoms with van der Waals surface area (Å²) < 4.78 is 0. The lowest BCUT2D eigenvalue weighted by molar-refractivity contribution is 0.157. The summed E-state index contributed by atoms with van der Waals surface area (Å²) in [4.78, 5) is 5.36. The fraction of sp³-hybridized carbons (Fsp3) is 1.00. The Labute approximate surface area is 126 Å². The van der Waals surface area contributed by atoms with Gasteiger partial charge in [0, 0.05) is 31.7 Å². The summed E-state index contributed by atoms with van der Waals surface area (Å²) in [6.45, 7) is 15.4. The van der Waals surface area contributed by atoms with Crippen molar-refractivity contribution in [1.82, 2.24) is 15.1 Å². The predicted molar refractivity (Wildman–Crippen MR) is 87.1 cm³/mol. The summed E-state index contributed by atoms with van der Waals surface area (Å²) in [5, 5.41) is 3.64. The van der Waals surface area contributed by atoms with E-state index in [1.54, 1.807) is 0 Å². The second kappa shape index (κ2) is 6.76. The monoisotopic (exact) mass is 281 g/mol. The van der Waals surface area contributed by atoms with Gasteiger partial charge >= 0.3 is 0 Å². The number of likely N-dealkylation sites (tertiary alicyclic amines) is 1. The first-order valence-electron chi connectivity index (χ1n) is 8.52. The molecule has 2 fully saturated rings. The highest BCUT2D eigenvalue weighted by Gasteiger charge is 2.35. The maximum atomic E-state index is 3.64. The Morgan fingerprint density at radius 2 is 1.85 bits per heavy atom. The number of hydrogen-bond acceptors (Lipinski definition) is 3. The van der Waals surface area contributed by atoms with Crippen LogP contribution in [0.4, 0.5) is 0 Å². The van der Waals surface area contributed by atoms with E-state index in [0.29, 0.717) is 5.41 Å². The standard InChI is InChI=1S/C17H35N3/c1-14(2)10-18-12-17(3,4)13-20-9-8-15-6-7-16(11-20)19(15)5/h14-16,18H,6-13H2,1-5H3. The first-order chi connectivity index (χ1) is 9.37. The predicted octanol–water partition coefficient (Wildman–Crippen LogP) is 2.43. The lowest BCUT2D eigenvalue weighted by Crippen LogP contribution is -2.44. The average molecular weight is 281 g/mol. The van der Waals surface area contributed by atoms with Crippen molar-refractivity contribution < 1.29 is 0 Å². The first kappa shape index (κ1) is 16.3. The smallest absolute Gasteiger partial charge is 0.0223 e. The third-order valence-corrected chi connectivity index (χ3v) is 5.04. The maximum absolute atomic E-state index is 3.64. The van der Waals surface area contributed by atoms with Gasteiger partial charge in [0.15, 0.2) is 0 Å². The Morgan fingerprint density at radius 1 is 1.15 bits per heavy atom. The zero-order valence-electron chi connectivity index (χ0n) is 14.3. The lowest BCUT2D eigenvalue weighted by atomic mass is 9.91. The number of fused-ring (bicyclic) bond motifs is 2. The largest absolute Gasteiger partial charge is 0.316 e. The molecule has 0 amide bonds. The second-order valence-corrected chi connectivity index (χ2v) is 8.26. The van der Waals surface area contributed by atoms with Crippen molar-refractivity contribution in [2.75, 3.05) is 39.8 Å². The minimum Gasteiger partial charge on any atom is -0.316 e. The van der Waals surface area contributed by atoms with Gasteiger partial charge in [-0.25, -0.2) is 0 Å². The van der Waals surface area contributed by atoms with Gasteiger partial charge in [-0.15, -0.1) is 0 Å². The van der Waals surface area contributed by atoms with Crippen LogP contribution >= 0.6 is 0 Å². The van der Waals surface area contributed by atoms with Crippen LogP contribution in [0.3, 0.4) is 0 Å². The van der Waals surface area contributed by atoms with E-state index >= 15 is 0 Å². The van der Waals surface area contributed by atoms with E-state index in [9.17, 15) is 0 Å². The first-order valence-corrected chi connectivity index (χ1v) is 8.52. The number of likely N-dealkylation sites (N-methyl/N-ethyl adjacent to an activating group) is 1. The molecule has 2 saturated heterocycles. The molecule has 0 aromatic rings. The van der Waals surface area contributed by atoms with Crippen molar-refractivity contribution in [1.29, 1.82) is 0 Å². The van der Waals surface area contributed by atoms with Crippen LogP contribution in [0.25, 0.3) is 0 Å². The SMILES string of the molecule is CC(C)CNCC(C)(C)CN1CCC2CCC(C1)N2C. The molecule has 3 heteroatoms. The van der Waals surface area contributed by atoms with Gasteiger partial charge in [0.2, 0.25) is 0 Å². The minimum atomic E-state index is 0.372. The molecule has 0 aromatic carbocycles. The van der Waals surface area contributed by atoms with Gasteiger partial charge in [-0.2, -0.15) is 0 Å². The molecule has 118 valence electrons. The summed E-state index contributed by atoms with van der Waals surface area (Å²) in [6.07, 6.45) is 4.19. The topological polar surface area (TPSA) is 18.5 Å². The number of nitrogens with one attached hydrogen (secondary N) is 1. The van der Waals surface area contributed by atoms with E-state index in [-0.39, 0.29) is 0 Å². The van der Waals surface area contributed by atoms with Crippen molar-refractivity contribution in [2.24, 2.45) is 11.3 Å². The molecular formula is C17H35N3. The highest BCUT2D eigenvalue weighted by molar-refractivity contribution is 4.92. The fourth-order valence-electron chi connectivity index (χ4n) is 3.88. The van der Waals surface area contributed by atoms with Gasteiger partial charge in [-0.3, -0.25) is 4.90 Å². The molecule has 2 atom stereocenters. The maximum Gasteiger partial charge on any atom is 0.0223 e. The fourth-order valence-corrected chi connectivity index (χ4v) is 3.88. The van der Waals surface area contributed by atoms with Gasteiger partial charge in [0.25, 0.3) is 0 Å².